The van der Waals surface area contributed by atoms with Crippen LogP contribution < -0.4 is 10.1 Å². The molecule has 3 nitrogen and oxygen atoms in total. The number of ether oxygens (including phenoxy) is 1. The number of rotatable bonds is 4. The molecule has 0 saturated heterocycles. The molecule has 4 rings (SSSR count). The third-order valence-corrected chi connectivity index (χ3v) is 5.46. The molecule has 1 N–H and O–H groups in total. The van der Waals surface area contributed by atoms with E-state index in [2.05, 4.69) is 37.4 Å². The summed E-state index contributed by atoms with van der Waals surface area (Å²) >= 11 is 1.82. The van der Waals surface area contributed by atoms with Crippen LogP contribution in [-0.4, -0.2) is 17.6 Å². The first kappa shape index (κ1) is 13.3. The number of aromatic nitrogens is 1. The highest BCUT2D eigenvalue weighted by Gasteiger charge is 2.29. The normalized spacial score (nSPS) is 18.4. The maximum Gasteiger partial charge on any atom is 0.122 e. The lowest BCUT2D eigenvalue weighted by Crippen LogP contribution is -2.24. The first-order valence-electron chi connectivity index (χ1n) is 7.66. The minimum atomic E-state index is 0.223. The largest absolute Gasteiger partial charge is 0.493 e. The minimum Gasteiger partial charge on any atom is -0.493 e. The summed E-state index contributed by atoms with van der Waals surface area (Å²) in [6, 6.07) is 7.49. The van der Waals surface area contributed by atoms with Crippen molar-refractivity contribution in [1.82, 2.24) is 10.3 Å². The van der Waals surface area contributed by atoms with Gasteiger partial charge in [0.15, 0.2) is 0 Å². The lowest BCUT2D eigenvalue weighted by molar-refractivity contribution is 0.357. The SMILES string of the molecule is Cc1nc(C(NC2CC2)c2ccc3c(c2)CCO3)sc1C. The Hall–Kier alpha value is -1.39. The van der Waals surface area contributed by atoms with Gasteiger partial charge in [-0.15, -0.1) is 11.3 Å². The lowest BCUT2D eigenvalue weighted by Gasteiger charge is -2.17. The van der Waals surface area contributed by atoms with Crippen molar-refractivity contribution in [3.05, 3.63) is 44.9 Å². The van der Waals surface area contributed by atoms with Gasteiger partial charge in [-0.2, -0.15) is 0 Å². The molecule has 1 aliphatic heterocycles. The van der Waals surface area contributed by atoms with Crippen LogP contribution in [0.4, 0.5) is 0 Å². The van der Waals surface area contributed by atoms with E-state index in [-0.39, 0.29) is 6.04 Å². The number of hydrogen-bond donors (Lipinski definition) is 1. The molecule has 0 radical (unpaired) electrons. The van der Waals surface area contributed by atoms with Crippen molar-refractivity contribution in [3.8, 4) is 5.75 Å². The number of thiazole rings is 1. The molecule has 1 atom stereocenters. The Morgan fingerprint density at radius 3 is 2.90 bits per heavy atom. The molecule has 1 saturated carbocycles. The number of nitrogens with one attached hydrogen (secondary N) is 1. The van der Waals surface area contributed by atoms with Crippen LogP contribution in [0.25, 0.3) is 0 Å². The molecule has 21 heavy (non-hydrogen) atoms. The molecule has 0 bridgehead atoms. The summed E-state index contributed by atoms with van der Waals surface area (Å²) < 4.78 is 5.62. The quantitative estimate of drug-likeness (QED) is 0.938. The van der Waals surface area contributed by atoms with Crippen molar-refractivity contribution in [3.63, 3.8) is 0 Å². The molecule has 0 amide bonds. The van der Waals surface area contributed by atoms with E-state index in [4.69, 9.17) is 9.72 Å². The van der Waals surface area contributed by atoms with Gasteiger partial charge in [-0.25, -0.2) is 4.98 Å². The Morgan fingerprint density at radius 1 is 1.33 bits per heavy atom. The van der Waals surface area contributed by atoms with Gasteiger partial charge in [0.05, 0.1) is 18.3 Å². The van der Waals surface area contributed by atoms with E-state index < -0.39 is 0 Å². The molecule has 4 heteroatoms. The topological polar surface area (TPSA) is 34.2 Å². The Balaban J connectivity index is 1.71. The predicted octanol–water partition coefficient (Wildman–Crippen LogP) is 3.54. The predicted molar refractivity (Wildman–Crippen MR) is 85.2 cm³/mol. The molecule has 2 aromatic rings. The summed E-state index contributed by atoms with van der Waals surface area (Å²) in [5.74, 6) is 1.05. The van der Waals surface area contributed by atoms with Gasteiger partial charge < -0.3 is 10.1 Å². The van der Waals surface area contributed by atoms with Crippen molar-refractivity contribution in [1.29, 1.82) is 0 Å². The number of aryl methyl sites for hydroxylation is 2. The minimum absolute atomic E-state index is 0.223. The average Bonchev–Trinajstić information content (AvgIpc) is 3.07. The highest BCUT2D eigenvalue weighted by Crippen LogP contribution is 2.35. The highest BCUT2D eigenvalue weighted by molar-refractivity contribution is 7.11. The van der Waals surface area contributed by atoms with E-state index in [1.165, 1.54) is 33.9 Å². The zero-order chi connectivity index (χ0) is 14.4. The fourth-order valence-electron chi connectivity index (χ4n) is 2.80. The Bertz CT molecular complexity index is 656. The third kappa shape index (κ3) is 2.58. The maximum atomic E-state index is 5.62. The molecule has 110 valence electrons. The van der Waals surface area contributed by atoms with Gasteiger partial charge in [0.2, 0.25) is 0 Å². The summed E-state index contributed by atoms with van der Waals surface area (Å²) in [6.45, 7) is 5.07. The zero-order valence-electron chi connectivity index (χ0n) is 12.5. The van der Waals surface area contributed by atoms with E-state index in [9.17, 15) is 0 Å². The second-order valence-corrected chi connectivity index (χ2v) is 7.27. The molecular formula is C17H20N2OS. The monoisotopic (exact) mass is 300 g/mol. The molecule has 2 heterocycles. The molecular weight excluding hydrogens is 280 g/mol. The van der Waals surface area contributed by atoms with Crippen molar-refractivity contribution in [2.45, 2.75) is 45.2 Å². The highest BCUT2D eigenvalue weighted by atomic mass is 32.1. The summed E-state index contributed by atoms with van der Waals surface area (Å²) in [7, 11) is 0. The smallest absolute Gasteiger partial charge is 0.122 e. The number of hydrogen-bond acceptors (Lipinski definition) is 4. The molecule has 1 unspecified atom stereocenters. The first-order valence-corrected chi connectivity index (χ1v) is 8.48. The second kappa shape index (κ2) is 5.11. The van der Waals surface area contributed by atoms with Crippen LogP contribution in [0.2, 0.25) is 0 Å². The fourth-order valence-corrected chi connectivity index (χ4v) is 3.81. The average molecular weight is 300 g/mol. The van der Waals surface area contributed by atoms with Crippen molar-refractivity contribution in [2.75, 3.05) is 6.61 Å². The first-order chi connectivity index (χ1) is 10.2. The van der Waals surface area contributed by atoms with E-state index in [1.54, 1.807) is 0 Å². The molecule has 1 aliphatic carbocycles. The Morgan fingerprint density at radius 2 is 2.19 bits per heavy atom. The van der Waals surface area contributed by atoms with Crippen LogP contribution >= 0.6 is 11.3 Å². The van der Waals surface area contributed by atoms with Gasteiger partial charge >= 0.3 is 0 Å². The molecule has 2 aliphatic rings. The van der Waals surface area contributed by atoms with Crippen LogP contribution in [0.3, 0.4) is 0 Å². The summed E-state index contributed by atoms with van der Waals surface area (Å²) in [6.07, 6.45) is 3.59. The molecule has 1 fully saturated rings. The van der Waals surface area contributed by atoms with E-state index >= 15 is 0 Å². The van der Waals surface area contributed by atoms with Crippen LogP contribution in [-0.2, 0) is 6.42 Å². The van der Waals surface area contributed by atoms with Crippen LogP contribution in [0.5, 0.6) is 5.75 Å². The Labute approximate surface area is 129 Å². The standard InChI is InChI=1S/C17H20N2OS/c1-10-11(2)21-17(18-10)16(19-14-4-5-14)13-3-6-15-12(9-13)7-8-20-15/h3,6,9,14,16,19H,4-5,7-8H2,1-2H3. The summed E-state index contributed by atoms with van der Waals surface area (Å²) in [4.78, 5) is 6.10. The van der Waals surface area contributed by atoms with Gasteiger partial charge in [0.25, 0.3) is 0 Å². The van der Waals surface area contributed by atoms with Crippen molar-refractivity contribution >= 4 is 11.3 Å². The molecule has 0 spiro atoms. The van der Waals surface area contributed by atoms with E-state index in [1.807, 2.05) is 11.3 Å². The third-order valence-electron chi connectivity index (χ3n) is 4.32. The number of benzene rings is 1. The second-order valence-electron chi connectivity index (χ2n) is 6.03. The van der Waals surface area contributed by atoms with Gasteiger partial charge in [0, 0.05) is 17.3 Å². The number of fused-ring (bicyclic) bond motifs is 1. The van der Waals surface area contributed by atoms with Crippen molar-refractivity contribution in [2.24, 2.45) is 0 Å². The van der Waals surface area contributed by atoms with Crippen molar-refractivity contribution < 1.29 is 4.74 Å². The van der Waals surface area contributed by atoms with Gasteiger partial charge in [-0.3, -0.25) is 0 Å². The van der Waals surface area contributed by atoms with Crippen LogP contribution in [0, 0.1) is 13.8 Å². The van der Waals surface area contributed by atoms with Gasteiger partial charge in [-0.1, -0.05) is 6.07 Å². The lowest BCUT2D eigenvalue weighted by atomic mass is 10.0. The summed E-state index contributed by atoms with van der Waals surface area (Å²) in [5, 5.41) is 4.95. The zero-order valence-corrected chi connectivity index (χ0v) is 13.3. The fraction of sp³-hybridized carbons (Fsp3) is 0.471. The van der Waals surface area contributed by atoms with E-state index in [0.29, 0.717) is 6.04 Å². The van der Waals surface area contributed by atoms with Gasteiger partial charge in [-0.05, 0) is 49.9 Å². The number of nitrogens with zero attached hydrogens (tertiary/aromatic N) is 1. The maximum absolute atomic E-state index is 5.62. The van der Waals surface area contributed by atoms with Crippen LogP contribution in [0.15, 0.2) is 18.2 Å². The summed E-state index contributed by atoms with van der Waals surface area (Å²) in [5.41, 5.74) is 3.81. The molecule has 1 aromatic heterocycles. The molecule has 1 aromatic carbocycles. The van der Waals surface area contributed by atoms with Gasteiger partial charge in [0.1, 0.15) is 10.8 Å². The van der Waals surface area contributed by atoms with E-state index in [0.717, 1.165) is 24.5 Å². The Kier molecular flexibility index (Phi) is 3.23. The van der Waals surface area contributed by atoms with Crippen LogP contribution in [0.1, 0.15) is 45.6 Å².